The highest BCUT2D eigenvalue weighted by atomic mass is 35.5. The van der Waals surface area contributed by atoms with Gasteiger partial charge in [-0.1, -0.05) is 34.8 Å². The van der Waals surface area contributed by atoms with Crippen LogP contribution in [0, 0.1) is 0 Å². The maximum absolute atomic E-state index is 5.92. The van der Waals surface area contributed by atoms with Gasteiger partial charge in [-0.15, -0.1) is 0 Å². The highest BCUT2D eigenvalue weighted by molar-refractivity contribution is 6.42. The number of halogens is 3. The minimum absolute atomic E-state index is 0.340. The van der Waals surface area contributed by atoms with Gasteiger partial charge in [0.1, 0.15) is 11.5 Å². The third-order valence-electron chi connectivity index (χ3n) is 1.61. The summed E-state index contributed by atoms with van der Waals surface area (Å²) < 4.78 is 0. The maximum atomic E-state index is 5.92. The Balaban J connectivity index is 2.94. The van der Waals surface area contributed by atoms with Crippen molar-refractivity contribution in [3.8, 4) is 0 Å². The minimum atomic E-state index is 0.340. The number of fused-ring (bicyclic) bond motifs is 1. The van der Waals surface area contributed by atoms with Crippen LogP contribution in [0.3, 0.4) is 0 Å². The summed E-state index contributed by atoms with van der Waals surface area (Å²) in [6.07, 6.45) is 1.37. The van der Waals surface area contributed by atoms with E-state index in [1.54, 1.807) is 12.1 Å². The molecule has 0 aliphatic rings. The topological polar surface area (TPSA) is 25.8 Å². The summed E-state index contributed by atoms with van der Waals surface area (Å²) in [5, 5.41) is 1.97. The quantitative estimate of drug-likeness (QED) is 0.650. The van der Waals surface area contributed by atoms with Crippen molar-refractivity contribution in [2.45, 2.75) is 0 Å². The van der Waals surface area contributed by atoms with E-state index in [4.69, 9.17) is 34.8 Å². The van der Waals surface area contributed by atoms with E-state index in [9.17, 15) is 0 Å². The van der Waals surface area contributed by atoms with Gasteiger partial charge in [0, 0.05) is 5.02 Å². The molecule has 0 saturated heterocycles. The lowest BCUT2D eigenvalue weighted by Gasteiger charge is -2.01. The Morgan fingerprint density at radius 2 is 1.77 bits per heavy atom. The van der Waals surface area contributed by atoms with E-state index in [-0.39, 0.29) is 0 Å². The Kier molecular flexibility index (Phi) is 2.28. The minimum Gasteiger partial charge on any atom is -0.236 e. The van der Waals surface area contributed by atoms with Crippen LogP contribution in [-0.2, 0) is 0 Å². The molecule has 0 spiro atoms. The zero-order valence-electron chi connectivity index (χ0n) is 6.26. The Hall–Kier alpha value is -0.570. The Labute approximate surface area is 89.5 Å². The molecule has 66 valence electrons. The van der Waals surface area contributed by atoms with E-state index in [2.05, 4.69) is 9.97 Å². The van der Waals surface area contributed by atoms with Gasteiger partial charge in [-0.25, -0.2) is 9.97 Å². The molecule has 13 heavy (non-hydrogen) atoms. The maximum Gasteiger partial charge on any atom is 0.141 e. The molecule has 0 N–H and O–H groups in total. The normalized spacial score (nSPS) is 10.7. The molecular weight excluding hydrogens is 230 g/mol. The van der Waals surface area contributed by atoms with E-state index in [0.717, 1.165) is 0 Å². The van der Waals surface area contributed by atoms with Crippen LogP contribution in [0.25, 0.3) is 10.9 Å². The number of nitrogens with zero attached hydrogens (tertiary/aromatic N) is 2. The van der Waals surface area contributed by atoms with Gasteiger partial charge < -0.3 is 0 Å². The smallest absolute Gasteiger partial charge is 0.141 e. The first-order valence-corrected chi connectivity index (χ1v) is 4.57. The van der Waals surface area contributed by atoms with Gasteiger partial charge in [0.05, 0.1) is 15.9 Å². The van der Waals surface area contributed by atoms with Crippen LogP contribution in [0.15, 0.2) is 18.5 Å². The van der Waals surface area contributed by atoms with E-state index in [1.807, 2.05) is 0 Å². The molecular formula is C8H3Cl3N2. The van der Waals surface area contributed by atoms with Gasteiger partial charge >= 0.3 is 0 Å². The molecule has 0 unspecified atom stereocenters. The zero-order valence-corrected chi connectivity index (χ0v) is 8.53. The summed E-state index contributed by atoms with van der Waals surface area (Å²) in [4.78, 5) is 7.82. The highest BCUT2D eigenvalue weighted by Gasteiger charge is 2.06. The molecule has 2 aromatic rings. The lowest BCUT2D eigenvalue weighted by molar-refractivity contribution is 1.22. The van der Waals surface area contributed by atoms with Crippen LogP contribution in [0.5, 0.6) is 0 Å². The molecule has 2 nitrogen and oxygen atoms in total. The molecule has 0 radical (unpaired) electrons. The molecule has 0 saturated carbocycles. The van der Waals surface area contributed by atoms with Gasteiger partial charge in [-0.2, -0.15) is 0 Å². The van der Waals surface area contributed by atoms with Crippen LogP contribution < -0.4 is 0 Å². The molecule has 0 aliphatic carbocycles. The second kappa shape index (κ2) is 3.29. The van der Waals surface area contributed by atoms with E-state index >= 15 is 0 Å². The fraction of sp³-hybridized carbons (Fsp3) is 0. The summed E-state index contributed by atoms with van der Waals surface area (Å²) in [5.41, 5.74) is 0.650. The predicted molar refractivity (Wildman–Crippen MR) is 54.6 cm³/mol. The number of aromatic nitrogens is 2. The SMILES string of the molecule is Clc1cc(Cl)c2c(Cl)ncnc2c1. The first-order valence-electron chi connectivity index (χ1n) is 3.44. The van der Waals surface area contributed by atoms with E-state index in [1.165, 1.54) is 6.33 Å². The summed E-state index contributed by atoms with van der Waals surface area (Å²) in [5.74, 6) is 0. The fourth-order valence-electron chi connectivity index (χ4n) is 1.07. The molecule has 0 amide bonds. The molecule has 5 heteroatoms. The lowest BCUT2D eigenvalue weighted by atomic mass is 10.2. The molecule has 0 atom stereocenters. The monoisotopic (exact) mass is 232 g/mol. The van der Waals surface area contributed by atoms with Crippen LogP contribution in [0.4, 0.5) is 0 Å². The molecule has 2 rings (SSSR count). The number of hydrogen-bond donors (Lipinski definition) is 0. The molecule has 0 aliphatic heterocycles. The van der Waals surface area contributed by atoms with Gasteiger partial charge in [-0.3, -0.25) is 0 Å². The van der Waals surface area contributed by atoms with Crippen LogP contribution >= 0.6 is 34.8 Å². The number of benzene rings is 1. The van der Waals surface area contributed by atoms with Crippen LogP contribution in [0.2, 0.25) is 15.2 Å². The zero-order chi connectivity index (χ0) is 9.42. The van der Waals surface area contributed by atoms with Crippen molar-refractivity contribution >= 4 is 45.7 Å². The molecule has 1 aromatic heterocycles. The largest absolute Gasteiger partial charge is 0.236 e. The standard InChI is InChI=1S/C8H3Cl3N2/c9-4-1-5(10)7-6(2-4)12-3-13-8(7)11/h1-3H. The average Bonchev–Trinajstić information content (AvgIpc) is 2.02. The molecule has 0 bridgehead atoms. The lowest BCUT2D eigenvalue weighted by Crippen LogP contribution is -1.84. The van der Waals surface area contributed by atoms with Gasteiger partial charge in [-0.05, 0) is 12.1 Å². The third kappa shape index (κ3) is 1.57. The third-order valence-corrected chi connectivity index (χ3v) is 2.41. The Morgan fingerprint density at radius 3 is 2.54 bits per heavy atom. The van der Waals surface area contributed by atoms with Crippen LogP contribution in [-0.4, -0.2) is 9.97 Å². The second-order valence-corrected chi connectivity index (χ2v) is 3.65. The van der Waals surface area contributed by atoms with E-state index < -0.39 is 0 Å². The second-order valence-electron chi connectivity index (χ2n) is 2.45. The van der Waals surface area contributed by atoms with Gasteiger partial charge in [0.2, 0.25) is 0 Å². The molecule has 0 fully saturated rings. The van der Waals surface area contributed by atoms with Gasteiger partial charge in [0.25, 0.3) is 0 Å². The van der Waals surface area contributed by atoms with Crippen molar-refractivity contribution < 1.29 is 0 Å². The number of rotatable bonds is 0. The fourth-order valence-corrected chi connectivity index (χ4v) is 1.94. The Morgan fingerprint density at radius 1 is 1.00 bits per heavy atom. The Bertz CT molecular complexity index is 470. The summed E-state index contributed by atoms with van der Waals surface area (Å²) in [6.45, 7) is 0. The van der Waals surface area contributed by atoms with Gasteiger partial charge in [0.15, 0.2) is 0 Å². The van der Waals surface area contributed by atoms with Crippen molar-refractivity contribution in [1.29, 1.82) is 0 Å². The van der Waals surface area contributed by atoms with Crippen molar-refractivity contribution in [2.75, 3.05) is 0 Å². The van der Waals surface area contributed by atoms with Crippen molar-refractivity contribution in [3.05, 3.63) is 33.7 Å². The van der Waals surface area contributed by atoms with Crippen LogP contribution in [0.1, 0.15) is 0 Å². The van der Waals surface area contributed by atoms with Crippen molar-refractivity contribution in [3.63, 3.8) is 0 Å². The van der Waals surface area contributed by atoms with Crippen molar-refractivity contribution in [1.82, 2.24) is 9.97 Å². The predicted octanol–water partition coefficient (Wildman–Crippen LogP) is 3.59. The average molecular weight is 233 g/mol. The first kappa shape index (κ1) is 9.00. The summed E-state index contributed by atoms with van der Waals surface area (Å²) >= 11 is 17.5. The number of hydrogen-bond acceptors (Lipinski definition) is 2. The highest BCUT2D eigenvalue weighted by Crippen LogP contribution is 2.30. The first-order chi connectivity index (χ1) is 6.18. The molecule has 1 aromatic carbocycles. The van der Waals surface area contributed by atoms with Crippen molar-refractivity contribution in [2.24, 2.45) is 0 Å². The van der Waals surface area contributed by atoms with E-state index in [0.29, 0.717) is 26.1 Å². The summed E-state index contributed by atoms with van der Waals surface area (Å²) in [7, 11) is 0. The molecule has 1 heterocycles. The summed E-state index contributed by atoms with van der Waals surface area (Å²) in [6, 6.07) is 3.30.